The average molecular weight is 755 g/mol. The van der Waals surface area contributed by atoms with Crippen molar-refractivity contribution in [1.29, 1.82) is 0 Å². The monoisotopic (exact) mass is 754 g/mol. The van der Waals surface area contributed by atoms with E-state index in [9.17, 15) is 19.2 Å². The number of imide groups is 2. The van der Waals surface area contributed by atoms with Crippen molar-refractivity contribution >= 4 is 52.4 Å². The molecule has 0 radical (unpaired) electrons. The van der Waals surface area contributed by atoms with Crippen LogP contribution in [0, 0.1) is 44.4 Å². The molecule has 4 bridgehead atoms. The number of amides is 4. The number of nitrogens with zero attached hydrogens (tertiary/aromatic N) is 2. The molecule has 4 fully saturated rings. The zero-order valence-electron chi connectivity index (χ0n) is 26.5. The Morgan fingerprint density at radius 3 is 0.958 bits per heavy atom. The molecule has 8 atom stereocenters. The number of carbonyl (C=O) groups is 4. The number of fused-ring (bicyclic) bond motifs is 10. The maximum atomic E-state index is 14.4. The molecule has 0 aromatic heterocycles. The fourth-order valence-electron chi connectivity index (χ4n) is 8.22. The quantitative estimate of drug-likeness (QED) is 0.204. The molecule has 48 heavy (non-hydrogen) atoms. The van der Waals surface area contributed by atoms with Crippen LogP contribution in [0.1, 0.15) is 16.7 Å². The van der Waals surface area contributed by atoms with E-state index in [0.717, 1.165) is 26.8 Å². The predicted octanol–water partition coefficient (Wildman–Crippen LogP) is 1.77. The molecule has 244 valence electrons. The van der Waals surface area contributed by atoms with Crippen LogP contribution in [0.2, 0.25) is 0 Å². The number of hydrogen-bond acceptors (Lipinski definition) is 8. The van der Waals surface area contributed by atoms with Crippen LogP contribution in [-0.2, 0) is 34.9 Å². The molecule has 11 heteroatoms. The molecule has 6 heterocycles. The summed E-state index contributed by atoms with van der Waals surface area (Å²) in [4.78, 5) is 57.4. The van der Waals surface area contributed by atoms with Crippen molar-refractivity contribution in [3.63, 3.8) is 0 Å². The summed E-state index contributed by atoms with van der Waals surface area (Å²) in [6, 6.07) is 22.5. The molecular weight excluding hydrogens is 722 g/mol. The standard InChI is InChI=1S/2C8H6NO4.3C7H7.Sb/c2*10-7-5-3-1-2-4(13-3)6(5)8(11)9(7)12;3*1-7-5-3-2-4-6-7;/h2*1-6H;3*3-6H,1H3;/q2*-1;;;;+2/t2*3-,4+,5?,6?;;;;. The van der Waals surface area contributed by atoms with E-state index in [0.29, 0.717) is 10.5 Å². The molecule has 4 unspecified atom stereocenters. The first-order chi connectivity index (χ1) is 23.1. The second-order valence-corrected chi connectivity index (χ2v) is 24.4. The van der Waals surface area contributed by atoms with Gasteiger partial charge in [-0.25, -0.2) is 0 Å². The molecule has 3 aromatic carbocycles. The first-order valence-corrected chi connectivity index (χ1v) is 22.1. The zero-order chi connectivity index (χ0) is 33.1. The summed E-state index contributed by atoms with van der Waals surface area (Å²) in [6.45, 7) is 5.84. The Morgan fingerprint density at radius 1 is 0.458 bits per heavy atom. The third-order valence-corrected chi connectivity index (χ3v) is 24.0. The summed E-state index contributed by atoms with van der Waals surface area (Å²) < 4.78 is 27.9. The molecular formula is C37H33N2O8Sb. The van der Waals surface area contributed by atoms with Gasteiger partial charge in [-0.15, -0.1) is 0 Å². The Hall–Kier alpha value is -3.92. The van der Waals surface area contributed by atoms with E-state index >= 15 is 0 Å². The van der Waals surface area contributed by atoms with Gasteiger partial charge in [0.1, 0.15) is 0 Å². The molecule has 0 saturated carbocycles. The van der Waals surface area contributed by atoms with Crippen molar-refractivity contribution in [1.82, 2.24) is 10.1 Å². The minimum atomic E-state index is -6.47. The van der Waals surface area contributed by atoms with Crippen LogP contribution in [0.3, 0.4) is 0 Å². The molecule has 0 N–H and O–H groups in total. The SMILES string of the molecule is Cc1cc[c]([Sb]([O]N2C(=O)C3C(C2=O)[C@H]2C=C[C@@H]3O2)([O]N2C(=O)C3C(C2=O)[C@H]2C=C[C@@H]3O2)([c]2ccc(C)cc2)[c]2ccc(C)cc2)cc1. The van der Waals surface area contributed by atoms with Gasteiger partial charge in [-0.2, -0.15) is 0 Å². The predicted molar refractivity (Wildman–Crippen MR) is 174 cm³/mol. The van der Waals surface area contributed by atoms with E-state index in [-0.39, 0.29) is 0 Å². The second kappa shape index (κ2) is 10.3. The van der Waals surface area contributed by atoms with Gasteiger partial charge in [-0.3, -0.25) is 0 Å². The molecule has 3 aromatic rings. The first-order valence-electron chi connectivity index (χ1n) is 16.2. The van der Waals surface area contributed by atoms with E-state index < -0.39 is 90.0 Å². The van der Waals surface area contributed by atoms with Gasteiger partial charge in [0.05, 0.1) is 0 Å². The summed E-state index contributed by atoms with van der Waals surface area (Å²) in [5.41, 5.74) is 2.85. The first kappa shape index (κ1) is 30.2. The Kier molecular flexibility index (Phi) is 6.47. The molecule has 10 nitrogen and oxygen atoms in total. The summed E-state index contributed by atoms with van der Waals surface area (Å²) in [7, 11) is 0. The fraction of sp³-hybridized carbons (Fsp3) is 0.297. The third kappa shape index (κ3) is 3.83. The summed E-state index contributed by atoms with van der Waals surface area (Å²) in [6.07, 6.45) is 5.06. The Bertz CT molecular complexity index is 1730. The Balaban J connectivity index is 1.32. The van der Waals surface area contributed by atoms with Gasteiger partial charge in [0, 0.05) is 0 Å². The van der Waals surface area contributed by atoms with Crippen LogP contribution in [0.4, 0.5) is 0 Å². The number of aryl methyl sites for hydroxylation is 3. The van der Waals surface area contributed by atoms with Crippen molar-refractivity contribution in [3.05, 3.63) is 114 Å². The normalized spacial score (nSPS) is 32.0. The van der Waals surface area contributed by atoms with Crippen LogP contribution in [0.15, 0.2) is 97.1 Å². The average Bonchev–Trinajstić information content (AvgIpc) is 3.95. The zero-order valence-corrected chi connectivity index (χ0v) is 29.0. The molecule has 6 aliphatic rings. The fourth-order valence-corrected chi connectivity index (χ4v) is 21.1. The van der Waals surface area contributed by atoms with E-state index in [1.54, 1.807) is 0 Å². The van der Waals surface area contributed by atoms with Gasteiger partial charge in [0.25, 0.3) is 0 Å². The Morgan fingerprint density at radius 2 is 0.708 bits per heavy atom. The third-order valence-electron chi connectivity index (χ3n) is 10.7. The summed E-state index contributed by atoms with van der Waals surface area (Å²) in [5.74, 6) is -5.18. The number of rotatable bonds is 7. The summed E-state index contributed by atoms with van der Waals surface area (Å²) in [5, 5.41) is 1.73. The van der Waals surface area contributed by atoms with Gasteiger partial charge in [-0.05, 0) is 0 Å². The van der Waals surface area contributed by atoms with Crippen LogP contribution in [0.5, 0.6) is 0 Å². The van der Waals surface area contributed by atoms with Crippen LogP contribution >= 0.6 is 0 Å². The van der Waals surface area contributed by atoms with Gasteiger partial charge in [0.15, 0.2) is 0 Å². The van der Waals surface area contributed by atoms with E-state index in [1.165, 1.54) is 0 Å². The molecule has 0 aliphatic carbocycles. The number of hydroxylamine groups is 4. The van der Waals surface area contributed by atoms with Gasteiger partial charge in [0.2, 0.25) is 0 Å². The molecule has 6 aliphatic heterocycles. The van der Waals surface area contributed by atoms with Crippen molar-refractivity contribution in [2.45, 2.75) is 45.2 Å². The van der Waals surface area contributed by atoms with Crippen LogP contribution in [-0.4, -0.2) is 76.4 Å². The van der Waals surface area contributed by atoms with Crippen molar-refractivity contribution < 1.29 is 34.9 Å². The van der Waals surface area contributed by atoms with E-state index in [2.05, 4.69) is 0 Å². The van der Waals surface area contributed by atoms with Gasteiger partial charge < -0.3 is 0 Å². The van der Waals surface area contributed by atoms with Crippen molar-refractivity contribution in [2.24, 2.45) is 23.7 Å². The maximum absolute atomic E-state index is 14.4. The van der Waals surface area contributed by atoms with Crippen molar-refractivity contribution in [3.8, 4) is 0 Å². The van der Waals surface area contributed by atoms with E-state index in [4.69, 9.17) is 15.7 Å². The molecule has 0 spiro atoms. The number of benzene rings is 3. The second-order valence-electron chi connectivity index (χ2n) is 13.6. The molecule has 9 rings (SSSR count). The van der Waals surface area contributed by atoms with Gasteiger partial charge >= 0.3 is 280 Å². The van der Waals surface area contributed by atoms with Gasteiger partial charge in [-0.1, -0.05) is 0 Å². The van der Waals surface area contributed by atoms with E-state index in [1.807, 2.05) is 118 Å². The minimum absolute atomic E-state index is 0.533. The molecule has 4 saturated heterocycles. The van der Waals surface area contributed by atoms with Crippen LogP contribution < -0.4 is 10.5 Å². The number of carbonyl (C=O) groups excluding carboxylic acids is 4. The van der Waals surface area contributed by atoms with Crippen molar-refractivity contribution in [2.75, 3.05) is 0 Å². The molecule has 4 amide bonds. The Labute approximate surface area is 279 Å². The number of ether oxygens (including phenoxy) is 2. The van der Waals surface area contributed by atoms with Crippen LogP contribution in [0.25, 0.3) is 0 Å². The topological polar surface area (TPSA) is 112 Å². The number of hydrogen-bond donors (Lipinski definition) is 0. The summed E-state index contributed by atoms with van der Waals surface area (Å²) >= 11 is -6.47.